The highest BCUT2D eigenvalue weighted by Gasteiger charge is 2.18. The number of hydrogen-bond acceptors (Lipinski definition) is 5. The Morgan fingerprint density at radius 2 is 1.84 bits per heavy atom. The fourth-order valence-corrected chi connectivity index (χ4v) is 3.63. The Morgan fingerprint density at radius 1 is 1.08 bits per heavy atom. The molecule has 0 spiro atoms. The fraction of sp³-hybridized carbons (Fsp3) is 0.368. The van der Waals surface area contributed by atoms with Gasteiger partial charge in [0.25, 0.3) is 5.91 Å². The second-order valence-electron chi connectivity index (χ2n) is 6.05. The maximum atomic E-state index is 12.6. The third-order valence-electron chi connectivity index (χ3n) is 4.31. The normalized spacial score (nSPS) is 15.0. The van der Waals surface area contributed by atoms with E-state index >= 15 is 0 Å². The van der Waals surface area contributed by atoms with Crippen LogP contribution in [0.4, 0.5) is 0 Å². The Balaban J connectivity index is 1.56. The molecule has 1 aliphatic heterocycles. The summed E-state index contributed by atoms with van der Waals surface area (Å²) in [5.74, 6) is -0.276. The lowest BCUT2D eigenvalue weighted by molar-refractivity contribution is 0.0940. The number of rotatable bonds is 7. The molecular weight excluding hydrogens is 334 g/mol. The summed E-state index contributed by atoms with van der Waals surface area (Å²) < 4.78 is 0. The molecule has 25 heavy (non-hydrogen) atoms. The van der Waals surface area contributed by atoms with Crippen LogP contribution in [0.25, 0.3) is 0 Å². The molecule has 1 aromatic carbocycles. The van der Waals surface area contributed by atoms with Crippen LogP contribution in [-0.4, -0.2) is 55.9 Å². The molecule has 1 aromatic heterocycles. The van der Waals surface area contributed by atoms with Crippen LogP contribution in [0.3, 0.4) is 0 Å². The predicted molar refractivity (Wildman–Crippen MR) is 100 cm³/mol. The zero-order chi connectivity index (χ0) is 17.5. The van der Waals surface area contributed by atoms with Gasteiger partial charge in [-0.1, -0.05) is 24.3 Å². The molecule has 0 bridgehead atoms. The number of piperazine rings is 1. The number of nitrogens with one attached hydrogen (secondary N) is 2. The van der Waals surface area contributed by atoms with Crippen molar-refractivity contribution in [3.63, 3.8) is 0 Å². The summed E-state index contributed by atoms with van der Waals surface area (Å²) in [7, 11) is 0. The van der Waals surface area contributed by atoms with Gasteiger partial charge in [0.15, 0.2) is 0 Å². The molecule has 2 aromatic rings. The third kappa shape index (κ3) is 4.75. The molecule has 2 heterocycles. The molecule has 0 unspecified atom stereocenters. The van der Waals surface area contributed by atoms with Gasteiger partial charge in [-0.05, 0) is 30.5 Å². The highest BCUT2D eigenvalue weighted by Crippen LogP contribution is 2.18. The van der Waals surface area contributed by atoms with Gasteiger partial charge in [-0.3, -0.25) is 9.59 Å². The average molecular weight is 357 g/mol. The molecule has 1 fully saturated rings. The number of nitrogens with zero attached hydrogens (tertiary/aromatic N) is 1. The van der Waals surface area contributed by atoms with Crippen LogP contribution in [0.2, 0.25) is 0 Å². The van der Waals surface area contributed by atoms with Crippen LogP contribution in [0.5, 0.6) is 0 Å². The molecule has 6 heteroatoms. The van der Waals surface area contributed by atoms with Crippen molar-refractivity contribution in [3.8, 4) is 0 Å². The Hall–Kier alpha value is -2.02. The first kappa shape index (κ1) is 17.8. The van der Waals surface area contributed by atoms with Gasteiger partial charge in [0.2, 0.25) is 5.78 Å². The van der Waals surface area contributed by atoms with Crippen LogP contribution >= 0.6 is 11.3 Å². The second kappa shape index (κ2) is 8.89. The van der Waals surface area contributed by atoms with Gasteiger partial charge < -0.3 is 15.5 Å². The number of thiophene rings is 1. The van der Waals surface area contributed by atoms with Crippen LogP contribution in [0, 0.1) is 0 Å². The summed E-state index contributed by atoms with van der Waals surface area (Å²) in [6.45, 7) is 5.79. The van der Waals surface area contributed by atoms with E-state index < -0.39 is 0 Å². The first-order valence-electron chi connectivity index (χ1n) is 8.64. The van der Waals surface area contributed by atoms with E-state index in [4.69, 9.17) is 0 Å². The smallest absolute Gasteiger partial charge is 0.252 e. The molecule has 0 saturated carbocycles. The van der Waals surface area contributed by atoms with Crippen molar-refractivity contribution in [2.24, 2.45) is 0 Å². The van der Waals surface area contributed by atoms with E-state index in [-0.39, 0.29) is 11.7 Å². The number of hydrogen-bond donors (Lipinski definition) is 2. The van der Waals surface area contributed by atoms with Crippen molar-refractivity contribution in [2.45, 2.75) is 6.42 Å². The number of carbonyl (C=O) groups excluding carboxylic acids is 2. The molecule has 2 N–H and O–H groups in total. The van der Waals surface area contributed by atoms with Crippen molar-refractivity contribution in [1.29, 1.82) is 0 Å². The minimum atomic E-state index is -0.180. The van der Waals surface area contributed by atoms with Gasteiger partial charge in [0.1, 0.15) is 0 Å². The van der Waals surface area contributed by atoms with Crippen molar-refractivity contribution < 1.29 is 9.59 Å². The summed E-state index contributed by atoms with van der Waals surface area (Å²) >= 11 is 1.39. The SMILES string of the molecule is O=C(NCCCN1CCNCC1)c1ccccc1C(=O)c1cccs1. The molecular formula is C19H23N3O2S. The molecule has 0 atom stereocenters. The van der Waals surface area contributed by atoms with E-state index in [1.807, 2.05) is 11.4 Å². The summed E-state index contributed by atoms with van der Waals surface area (Å²) in [6.07, 6.45) is 0.910. The van der Waals surface area contributed by atoms with E-state index in [1.54, 1.807) is 30.3 Å². The Bertz CT molecular complexity index is 709. The standard InChI is InChI=1S/C19H23N3O2S/c23-18(17-7-3-14-25-17)15-5-1-2-6-16(15)19(24)21-8-4-11-22-12-9-20-10-13-22/h1-3,5-7,14,20H,4,8-13H2,(H,21,24). The monoisotopic (exact) mass is 357 g/mol. The predicted octanol–water partition coefficient (Wildman–Crippen LogP) is 2.00. The number of benzene rings is 1. The summed E-state index contributed by atoms with van der Waals surface area (Å²) in [6, 6.07) is 10.7. The lowest BCUT2D eigenvalue weighted by Crippen LogP contribution is -2.44. The quantitative estimate of drug-likeness (QED) is 0.588. The molecule has 0 radical (unpaired) electrons. The zero-order valence-electron chi connectivity index (χ0n) is 14.2. The first-order valence-corrected chi connectivity index (χ1v) is 9.52. The van der Waals surface area contributed by atoms with Gasteiger partial charge in [0, 0.05) is 38.3 Å². The topological polar surface area (TPSA) is 61.4 Å². The van der Waals surface area contributed by atoms with Crippen LogP contribution in [0.1, 0.15) is 32.0 Å². The van der Waals surface area contributed by atoms with Crippen molar-refractivity contribution in [2.75, 3.05) is 39.3 Å². The molecule has 1 aliphatic rings. The summed E-state index contributed by atoms with van der Waals surface area (Å²) in [5.41, 5.74) is 0.910. The minimum Gasteiger partial charge on any atom is -0.352 e. The number of ketones is 1. The van der Waals surface area contributed by atoms with Crippen molar-refractivity contribution in [1.82, 2.24) is 15.5 Å². The summed E-state index contributed by atoms with van der Waals surface area (Å²) in [4.78, 5) is 28.1. The lowest BCUT2D eigenvalue weighted by Gasteiger charge is -2.27. The molecule has 0 aliphatic carbocycles. The van der Waals surface area contributed by atoms with Gasteiger partial charge in [-0.15, -0.1) is 11.3 Å². The second-order valence-corrected chi connectivity index (χ2v) is 7.00. The Kier molecular flexibility index (Phi) is 6.33. The minimum absolute atomic E-state index is 0.0958. The van der Waals surface area contributed by atoms with Gasteiger partial charge >= 0.3 is 0 Å². The largest absolute Gasteiger partial charge is 0.352 e. The molecule has 132 valence electrons. The van der Waals surface area contributed by atoms with Crippen LogP contribution in [-0.2, 0) is 0 Å². The third-order valence-corrected chi connectivity index (χ3v) is 5.18. The van der Waals surface area contributed by atoms with E-state index in [9.17, 15) is 9.59 Å². The average Bonchev–Trinajstić information content (AvgIpc) is 3.20. The van der Waals surface area contributed by atoms with E-state index in [0.717, 1.165) is 39.1 Å². The fourth-order valence-electron chi connectivity index (χ4n) is 2.95. The first-order chi connectivity index (χ1) is 12.3. The molecule has 1 amide bonds. The van der Waals surface area contributed by atoms with Crippen LogP contribution < -0.4 is 10.6 Å². The van der Waals surface area contributed by atoms with E-state index in [1.165, 1.54) is 11.3 Å². The lowest BCUT2D eigenvalue weighted by atomic mass is 10.0. The maximum Gasteiger partial charge on any atom is 0.252 e. The van der Waals surface area contributed by atoms with Gasteiger partial charge in [-0.2, -0.15) is 0 Å². The highest BCUT2D eigenvalue weighted by molar-refractivity contribution is 7.12. The van der Waals surface area contributed by atoms with Gasteiger partial charge in [0.05, 0.1) is 10.4 Å². The van der Waals surface area contributed by atoms with Crippen molar-refractivity contribution >= 4 is 23.0 Å². The number of carbonyl (C=O) groups is 2. The van der Waals surface area contributed by atoms with Crippen molar-refractivity contribution in [3.05, 3.63) is 57.8 Å². The number of amides is 1. The Morgan fingerprint density at radius 3 is 2.56 bits per heavy atom. The zero-order valence-corrected chi connectivity index (χ0v) is 15.0. The van der Waals surface area contributed by atoms with E-state index in [2.05, 4.69) is 15.5 Å². The maximum absolute atomic E-state index is 12.6. The molecule has 5 nitrogen and oxygen atoms in total. The van der Waals surface area contributed by atoms with Crippen LogP contribution in [0.15, 0.2) is 41.8 Å². The highest BCUT2D eigenvalue weighted by atomic mass is 32.1. The van der Waals surface area contributed by atoms with Gasteiger partial charge in [-0.25, -0.2) is 0 Å². The Labute approximate surface area is 152 Å². The van der Waals surface area contributed by atoms with E-state index in [0.29, 0.717) is 22.5 Å². The molecule has 1 saturated heterocycles. The molecule has 3 rings (SSSR count). The summed E-state index contributed by atoms with van der Waals surface area (Å²) in [5, 5.41) is 8.15.